The average Bonchev–Trinajstić information content (AvgIpc) is 2.61. The Balaban J connectivity index is 2.84. The summed E-state index contributed by atoms with van der Waals surface area (Å²) in [5, 5.41) is 3.23. The largest absolute Gasteiger partial charge is 0.478 e. The van der Waals surface area contributed by atoms with Crippen molar-refractivity contribution in [2.45, 2.75) is 34.2 Å². The van der Waals surface area contributed by atoms with Crippen molar-refractivity contribution in [3.63, 3.8) is 0 Å². The van der Waals surface area contributed by atoms with Gasteiger partial charge in [-0.15, -0.1) is 0 Å². The summed E-state index contributed by atoms with van der Waals surface area (Å²) in [5.41, 5.74) is 0.920. The molecule has 0 aliphatic heterocycles. The van der Waals surface area contributed by atoms with Crippen molar-refractivity contribution < 1.29 is 9.53 Å². The van der Waals surface area contributed by atoms with Crippen LogP contribution in [0.25, 0.3) is 0 Å². The molecule has 1 amide bonds. The van der Waals surface area contributed by atoms with E-state index in [4.69, 9.17) is 4.74 Å². The molecule has 1 aromatic rings. The number of amides is 1. The molecule has 0 aliphatic carbocycles. The van der Waals surface area contributed by atoms with Crippen LogP contribution in [0.15, 0.2) is 23.3 Å². The number of carbonyl (C=O) groups excluding carboxylic acids is 1. The van der Waals surface area contributed by atoms with E-state index in [0.717, 1.165) is 12.1 Å². The second-order valence-electron chi connectivity index (χ2n) is 5.49. The van der Waals surface area contributed by atoms with Crippen molar-refractivity contribution in [2.75, 3.05) is 39.8 Å². The number of ether oxygens (including phenoxy) is 1. The molecule has 0 fully saturated rings. The number of aliphatic imine (C=N–C) groups is 1. The van der Waals surface area contributed by atoms with E-state index in [1.165, 1.54) is 0 Å². The third-order valence-electron chi connectivity index (χ3n) is 3.72. The molecule has 0 radical (unpaired) electrons. The van der Waals surface area contributed by atoms with Gasteiger partial charge in [0, 0.05) is 38.4 Å². The molecule has 7 nitrogen and oxygen atoms in total. The maximum absolute atomic E-state index is 12.3. The predicted molar refractivity (Wildman–Crippen MR) is 101 cm³/mol. The van der Waals surface area contributed by atoms with Gasteiger partial charge in [0.1, 0.15) is 0 Å². The van der Waals surface area contributed by atoms with Gasteiger partial charge in [-0.05, 0) is 33.8 Å². The van der Waals surface area contributed by atoms with E-state index in [9.17, 15) is 4.79 Å². The minimum atomic E-state index is 0.0921. The van der Waals surface area contributed by atoms with Crippen LogP contribution < -0.4 is 10.1 Å². The van der Waals surface area contributed by atoms with Gasteiger partial charge in [-0.1, -0.05) is 6.07 Å². The van der Waals surface area contributed by atoms with E-state index in [2.05, 4.69) is 15.3 Å². The van der Waals surface area contributed by atoms with Gasteiger partial charge >= 0.3 is 0 Å². The number of nitrogens with one attached hydrogen (secondary N) is 1. The highest BCUT2D eigenvalue weighted by Gasteiger charge is 2.15. The van der Waals surface area contributed by atoms with Gasteiger partial charge in [0.25, 0.3) is 0 Å². The second-order valence-corrected chi connectivity index (χ2v) is 5.49. The lowest BCUT2D eigenvalue weighted by Crippen LogP contribution is -2.45. The third kappa shape index (κ3) is 6.60. The zero-order valence-corrected chi connectivity index (χ0v) is 16.1. The topological polar surface area (TPSA) is 70.1 Å². The monoisotopic (exact) mass is 349 g/mol. The molecule has 0 bridgehead atoms. The van der Waals surface area contributed by atoms with Crippen molar-refractivity contribution in [3.8, 4) is 5.88 Å². The summed E-state index contributed by atoms with van der Waals surface area (Å²) in [6.07, 6.45) is 1.71. The van der Waals surface area contributed by atoms with Crippen molar-refractivity contribution in [1.29, 1.82) is 0 Å². The number of carbonyl (C=O) groups is 1. The molecule has 1 aromatic heterocycles. The van der Waals surface area contributed by atoms with Crippen LogP contribution in [-0.4, -0.2) is 66.5 Å². The van der Waals surface area contributed by atoms with Gasteiger partial charge in [-0.3, -0.25) is 4.79 Å². The van der Waals surface area contributed by atoms with E-state index < -0.39 is 0 Å². The zero-order valence-electron chi connectivity index (χ0n) is 16.1. The first-order chi connectivity index (χ1) is 12.1. The van der Waals surface area contributed by atoms with Crippen LogP contribution in [0.3, 0.4) is 0 Å². The summed E-state index contributed by atoms with van der Waals surface area (Å²) in [7, 11) is 1.87. The van der Waals surface area contributed by atoms with Crippen molar-refractivity contribution >= 4 is 11.9 Å². The van der Waals surface area contributed by atoms with E-state index >= 15 is 0 Å². The van der Waals surface area contributed by atoms with E-state index in [1.54, 1.807) is 6.20 Å². The Morgan fingerprint density at radius 2 is 2.00 bits per heavy atom. The van der Waals surface area contributed by atoms with Crippen LogP contribution in [-0.2, 0) is 11.3 Å². The van der Waals surface area contributed by atoms with Gasteiger partial charge in [0.05, 0.1) is 19.7 Å². The van der Waals surface area contributed by atoms with Crippen LogP contribution in [0.4, 0.5) is 0 Å². The molecular formula is C18H31N5O2. The number of likely N-dealkylation sites (N-methyl/N-ethyl adjacent to an activating group) is 2. The SMILES string of the molecule is CCNC(=NCc1cccnc1OCC)N(C)CC(=O)N(CC)CC. The Morgan fingerprint density at radius 3 is 2.60 bits per heavy atom. The molecular weight excluding hydrogens is 318 g/mol. The molecule has 0 saturated heterocycles. The first-order valence-electron chi connectivity index (χ1n) is 8.91. The summed E-state index contributed by atoms with van der Waals surface area (Å²) >= 11 is 0. The summed E-state index contributed by atoms with van der Waals surface area (Å²) in [6.45, 7) is 11.4. The average molecular weight is 349 g/mol. The summed E-state index contributed by atoms with van der Waals surface area (Å²) < 4.78 is 5.54. The van der Waals surface area contributed by atoms with Crippen molar-refractivity contribution in [2.24, 2.45) is 4.99 Å². The molecule has 1 rings (SSSR count). The molecule has 1 heterocycles. The first-order valence-corrected chi connectivity index (χ1v) is 8.91. The predicted octanol–water partition coefficient (Wildman–Crippen LogP) is 1.75. The lowest BCUT2D eigenvalue weighted by molar-refractivity contribution is -0.131. The molecule has 0 aromatic carbocycles. The number of aromatic nitrogens is 1. The van der Waals surface area contributed by atoms with Gasteiger partial charge in [0.15, 0.2) is 5.96 Å². The molecule has 0 aliphatic rings. The van der Waals surface area contributed by atoms with Gasteiger partial charge in [-0.2, -0.15) is 0 Å². The van der Waals surface area contributed by atoms with Crippen LogP contribution in [0.5, 0.6) is 5.88 Å². The van der Waals surface area contributed by atoms with E-state index in [-0.39, 0.29) is 5.91 Å². The van der Waals surface area contributed by atoms with Crippen LogP contribution in [0.2, 0.25) is 0 Å². The molecule has 25 heavy (non-hydrogen) atoms. The van der Waals surface area contributed by atoms with Crippen molar-refractivity contribution in [3.05, 3.63) is 23.9 Å². The highest BCUT2D eigenvalue weighted by molar-refractivity contribution is 5.86. The molecule has 0 saturated carbocycles. The highest BCUT2D eigenvalue weighted by atomic mass is 16.5. The molecule has 7 heteroatoms. The Kier molecular flexibility index (Phi) is 9.36. The minimum absolute atomic E-state index is 0.0921. The van der Waals surface area contributed by atoms with Crippen molar-refractivity contribution in [1.82, 2.24) is 20.1 Å². The van der Waals surface area contributed by atoms with Gasteiger partial charge < -0.3 is 19.9 Å². The second kappa shape index (κ2) is 11.3. The lowest BCUT2D eigenvalue weighted by Gasteiger charge is -2.25. The quantitative estimate of drug-likeness (QED) is 0.543. The Labute approximate surface area is 151 Å². The standard InChI is InChI=1S/C18H31N5O2/c1-6-19-18(22(5)14-16(24)23(7-2)8-3)21-13-15-11-10-12-20-17(15)25-9-4/h10-12H,6-9,13-14H2,1-5H3,(H,19,21). The van der Waals surface area contributed by atoms with Gasteiger partial charge in [0.2, 0.25) is 11.8 Å². The Bertz CT molecular complexity index is 558. The molecule has 0 atom stereocenters. The van der Waals surface area contributed by atoms with Gasteiger partial charge in [-0.25, -0.2) is 9.98 Å². The third-order valence-corrected chi connectivity index (χ3v) is 3.72. The molecule has 1 N–H and O–H groups in total. The fraction of sp³-hybridized carbons (Fsp3) is 0.611. The van der Waals surface area contributed by atoms with Crippen LogP contribution >= 0.6 is 0 Å². The number of rotatable bonds is 9. The highest BCUT2D eigenvalue weighted by Crippen LogP contribution is 2.15. The van der Waals surface area contributed by atoms with E-state index in [1.807, 2.05) is 56.7 Å². The molecule has 0 unspecified atom stereocenters. The Morgan fingerprint density at radius 1 is 1.28 bits per heavy atom. The maximum atomic E-state index is 12.3. The fourth-order valence-corrected chi connectivity index (χ4v) is 2.39. The summed E-state index contributed by atoms with van der Waals surface area (Å²) in [5.74, 6) is 1.38. The fourth-order valence-electron chi connectivity index (χ4n) is 2.39. The first kappa shape index (κ1) is 20.7. The molecule has 140 valence electrons. The number of hydrogen-bond acceptors (Lipinski definition) is 4. The maximum Gasteiger partial charge on any atom is 0.242 e. The normalized spacial score (nSPS) is 11.2. The smallest absolute Gasteiger partial charge is 0.242 e. The van der Waals surface area contributed by atoms with Crippen LogP contribution in [0.1, 0.15) is 33.3 Å². The summed E-state index contributed by atoms with van der Waals surface area (Å²) in [4.78, 5) is 24.8. The molecule has 0 spiro atoms. The number of guanidine groups is 1. The van der Waals surface area contributed by atoms with Crippen LogP contribution in [0, 0.1) is 0 Å². The number of hydrogen-bond donors (Lipinski definition) is 1. The minimum Gasteiger partial charge on any atom is -0.478 e. The number of nitrogens with zero attached hydrogens (tertiary/aromatic N) is 4. The Hall–Kier alpha value is -2.31. The summed E-state index contributed by atoms with van der Waals surface area (Å²) in [6, 6.07) is 3.82. The van der Waals surface area contributed by atoms with E-state index in [0.29, 0.717) is 44.6 Å². The zero-order chi connectivity index (χ0) is 18.7. The number of pyridine rings is 1. The lowest BCUT2D eigenvalue weighted by atomic mass is 10.3.